The molecule has 0 unspecified atom stereocenters. The van der Waals surface area contributed by atoms with Gasteiger partial charge in [0, 0.05) is 45.4 Å². The second kappa shape index (κ2) is 5.91. The zero-order valence-corrected chi connectivity index (χ0v) is 12.6. The Hall–Kier alpha value is -1.17. The van der Waals surface area contributed by atoms with Crippen LogP contribution in [0.4, 0.5) is 10.1 Å². The van der Waals surface area contributed by atoms with E-state index in [9.17, 15) is 4.39 Å². The van der Waals surface area contributed by atoms with Gasteiger partial charge in [-0.05, 0) is 25.0 Å². The third-order valence-electron chi connectivity index (χ3n) is 5.07. The topological polar surface area (TPSA) is 41.7 Å². The minimum Gasteiger partial charge on any atom is -0.381 e. The molecule has 3 rings (SSSR count). The molecule has 0 radical (unpaired) electrons. The molecule has 21 heavy (non-hydrogen) atoms. The Kier molecular flexibility index (Phi) is 4.15. The van der Waals surface area contributed by atoms with E-state index in [0.717, 1.165) is 39.0 Å². The molecule has 0 spiro atoms. The second-order valence-corrected chi connectivity index (χ2v) is 6.12. The first-order valence-corrected chi connectivity index (χ1v) is 7.66. The molecular weight excluding hydrogens is 269 g/mol. The highest BCUT2D eigenvalue weighted by atomic mass is 19.1. The Balaban J connectivity index is 1.62. The normalized spacial score (nSPS) is 30.2. The largest absolute Gasteiger partial charge is 0.381 e. The van der Waals surface area contributed by atoms with Gasteiger partial charge < -0.3 is 15.4 Å². The standard InChI is InChI=1S/C16H24FN3O/c1-21-13-10-16(11-13,12-18)20-8-6-19(7-9-20)15-5-3-2-4-14(15)17/h2-5,13H,6-12,18H2,1H3. The smallest absolute Gasteiger partial charge is 0.146 e. The average Bonchev–Trinajstić information content (AvgIpc) is 2.48. The van der Waals surface area contributed by atoms with Gasteiger partial charge in [-0.15, -0.1) is 0 Å². The van der Waals surface area contributed by atoms with Crippen molar-refractivity contribution in [1.29, 1.82) is 0 Å². The fourth-order valence-electron chi connectivity index (χ4n) is 3.64. The molecule has 2 aliphatic rings. The monoisotopic (exact) mass is 293 g/mol. The van der Waals surface area contributed by atoms with Gasteiger partial charge >= 0.3 is 0 Å². The minimum absolute atomic E-state index is 0.0992. The molecule has 1 aliphatic heterocycles. The summed E-state index contributed by atoms with van der Waals surface area (Å²) in [6, 6.07) is 7.01. The van der Waals surface area contributed by atoms with Crippen molar-refractivity contribution in [2.24, 2.45) is 5.73 Å². The highest BCUT2D eigenvalue weighted by Crippen LogP contribution is 2.39. The molecule has 1 aromatic rings. The van der Waals surface area contributed by atoms with Crippen molar-refractivity contribution < 1.29 is 9.13 Å². The quantitative estimate of drug-likeness (QED) is 0.912. The number of nitrogens with zero attached hydrogens (tertiary/aromatic N) is 2. The van der Waals surface area contributed by atoms with Gasteiger partial charge in [0.2, 0.25) is 0 Å². The van der Waals surface area contributed by atoms with E-state index in [0.29, 0.717) is 18.3 Å². The fourth-order valence-corrected chi connectivity index (χ4v) is 3.64. The molecule has 0 atom stereocenters. The first-order valence-electron chi connectivity index (χ1n) is 7.66. The van der Waals surface area contributed by atoms with Crippen LogP contribution in [0.15, 0.2) is 24.3 Å². The summed E-state index contributed by atoms with van der Waals surface area (Å²) >= 11 is 0. The van der Waals surface area contributed by atoms with Gasteiger partial charge in [0.15, 0.2) is 0 Å². The maximum absolute atomic E-state index is 13.9. The summed E-state index contributed by atoms with van der Waals surface area (Å²) in [6.07, 6.45) is 2.37. The number of halogens is 1. The number of rotatable bonds is 4. The number of nitrogens with two attached hydrogens (primary N) is 1. The van der Waals surface area contributed by atoms with E-state index >= 15 is 0 Å². The minimum atomic E-state index is -0.137. The number of piperazine rings is 1. The van der Waals surface area contributed by atoms with Gasteiger partial charge in [-0.2, -0.15) is 0 Å². The zero-order chi connectivity index (χ0) is 14.9. The van der Waals surface area contributed by atoms with Crippen LogP contribution in [0, 0.1) is 5.82 Å². The number of hydrogen-bond donors (Lipinski definition) is 1. The van der Waals surface area contributed by atoms with Gasteiger partial charge in [-0.25, -0.2) is 4.39 Å². The summed E-state index contributed by atoms with van der Waals surface area (Å²) in [5.74, 6) is -0.137. The van der Waals surface area contributed by atoms with E-state index in [4.69, 9.17) is 10.5 Å². The van der Waals surface area contributed by atoms with E-state index in [2.05, 4.69) is 9.80 Å². The van der Waals surface area contributed by atoms with Crippen molar-refractivity contribution in [2.75, 3.05) is 44.7 Å². The van der Waals surface area contributed by atoms with Crippen LogP contribution in [0.1, 0.15) is 12.8 Å². The van der Waals surface area contributed by atoms with Crippen LogP contribution in [-0.4, -0.2) is 56.4 Å². The van der Waals surface area contributed by atoms with Gasteiger partial charge in [0.25, 0.3) is 0 Å². The third-order valence-corrected chi connectivity index (χ3v) is 5.07. The van der Waals surface area contributed by atoms with Crippen molar-refractivity contribution in [3.05, 3.63) is 30.1 Å². The molecule has 1 saturated heterocycles. The molecule has 5 heteroatoms. The predicted octanol–water partition coefficient (Wildman–Crippen LogP) is 1.45. The van der Waals surface area contributed by atoms with E-state index < -0.39 is 0 Å². The molecule has 4 nitrogen and oxygen atoms in total. The second-order valence-electron chi connectivity index (χ2n) is 6.12. The van der Waals surface area contributed by atoms with Crippen LogP contribution in [-0.2, 0) is 4.74 Å². The van der Waals surface area contributed by atoms with E-state index in [1.54, 1.807) is 13.2 Å². The molecule has 1 saturated carbocycles. The molecule has 0 bridgehead atoms. The molecule has 1 aliphatic carbocycles. The van der Waals surface area contributed by atoms with Crippen LogP contribution in [0.3, 0.4) is 0 Å². The third kappa shape index (κ3) is 2.65. The van der Waals surface area contributed by atoms with Gasteiger partial charge in [-0.1, -0.05) is 12.1 Å². The number of methoxy groups -OCH3 is 1. The average molecular weight is 293 g/mol. The van der Waals surface area contributed by atoms with Crippen LogP contribution in [0.5, 0.6) is 0 Å². The molecule has 2 N–H and O–H groups in total. The molecular formula is C16H24FN3O. The van der Waals surface area contributed by atoms with Crippen molar-refractivity contribution in [1.82, 2.24) is 4.90 Å². The molecule has 0 aromatic heterocycles. The van der Waals surface area contributed by atoms with E-state index in [1.807, 2.05) is 12.1 Å². The fraction of sp³-hybridized carbons (Fsp3) is 0.625. The molecule has 2 fully saturated rings. The predicted molar refractivity (Wildman–Crippen MR) is 82.0 cm³/mol. The van der Waals surface area contributed by atoms with Crippen LogP contribution in [0.25, 0.3) is 0 Å². The van der Waals surface area contributed by atoms with Gasteiger partial charge in [0.05, 0.1) is 11.8 Å². The van der Waals surface area contributed by atoms with Gasteiger partial charge in [0.1, 0.15) is 5.82 Å². The van der Waals surface area contributed by atoms with E-state index in [-0.39, 0.29) is 11.4 Å². The lowest BCUT2D eigenvalue weighted by atomic mass is 9.72. The Morgan fingerprint density at radius 1 is 1.24 bits per heavy atom. The summed E-state index contributed by atoms with van der Waals surface area (Å²) < 4.78 is 19.3. The number of benzene rings is 1. The number of para-hydroxylation sites is 1. The first kappa shape index (κ1) is 14.8. The lowest BCUT2D eigenvalue weighted by Gasteiger charge is -2.55. The lowest BCUT2D eigenvalue weighted by molar-refractivity contribution is -0.0886. The highest BCUT2D eigenvalue weighted by Gasteiger charge is 2.48. The van der Waals surface area contributed by atoms with Crippen molar-refractivity contribution in [2.45, 2.75) is 24.5 Å². The highest BCUT2D eigenvalue weighted by molar-refractivity contribution is 5.48. The van der Waals surface area contributed by atoms with Crippen LogP contribution < -0.4 is 10.6 Å². The Morgan fingerprint density at radius 3 is 2.48 bits per heavy atom. The Bertz CT molecular complexity index is 482. The summed E-state index contributed by atoms with van der Waals surface area (Å²) in [4.78, 5) is 4.60. The maximum atomic E-state index is 13.9. The Labute approximate surface area is 125 Å². The van der Waals surface area contributed by atoms with Crippen molar-refractivity contribution in [3.63, 3.8) is 0 Å². The summed E-state index contributed by atoms with van der Waals surface area (Å²) in [5, 5.41) is 0. The maximum Gasteiger partial charge on any atom is 0.146 e. The lowest BCUT2D eigenvalue weighted by Crippen LogP contribution is -2.67. The van der Waals surface area contributed by atoms with Crippen molar-refractivity contribution >= 4 is 5.69 Å². The number of anilines is 1. The summed E-state index contributed by atoms with van der Waals surface area (Å²) in [5.41, 5.74) is 6.83. The zero-order valence-electron chi connectivity index (χ0n) is 12.6. The number of ether oxygens (including phenoxy) is 1. The van der Waals surface area contributed by atoms with Crippen molar-refractivity contribution in [3.8, 4) is 0 Å². The van der Waals surface area contributed by atoms with Crippen LogP contribution in [0.2, 0.25) is 0 Å². The molecule has 1 aromatic carbocycles. The number of hydrogen-bond acceptors (Lipinski definition) is 4. The van der Waals surface area contributed by atoms with E-state index in [1.165, 1.54) is 6.07 Å². The van der Waals surface area contributed by atoms with Gasteiger partial charge in [-0.3, -0.25) is 4.90 Å². The SMILES string of the molecule is COC1CC(CN)(N2CCN(c3ccccc3F)CC2)C1. The van der Waals surface area contributed by atoms with Crippen LogP contribution >= 0.6 is 0 Å². The molecule has 1 heterocycles. The Morgan fingerprint density at radius 2 is 1.90 bits per heavy atom. The summed E-state index contributed by atoms with van der Waals surface area (Å²) in [7, 11) is 1.77. The first-order chi connectivity index (χ1) is 10.2. The summed E-state index contributed by atoms with van der Waals surface area (Å²) in [6.45, 7) is 4.23. The molecule has 0 amide bonds. The molecule has 116 valence electrons.